The van der Waals surface area contributed by atoms with E-state index in [1.807, 2.05) is 0 Å². The van der Waals surface area contributed by atoms with Crippen LogP contribution in [0.15, 0.2) is 22.7 Å². The van der Waals surface area contributed by atoms with Crippen LogP contribution in [0, 0.1) is 0 Å². The number of ether oxygens (including phenoxy) is 2. The molecule has 106 valence electrons. The number of carbonyl (C=O) groups excluding carboxylic acids is 1. The minimum Gasteiger partial charge on any atom is -0.496 e. The van der Waals surface area contributed by atoms with Gasteiger partial charge in [-0.15, -0.1) is 0 Å². The number of carbonyl (C=O) groups is 1. The highest BCUT2D eigenvalue weighted by molar-refractivity contribution is 9.10. The van der Waals surface area contributed by atoms with Gasteiger partial charge in [-0.25, -0.2) is 4.79 Å². The Hall–Kier alpha value is -1.21. The molecular formula is C12H14BrF2NO3. The molecule has 1 rings (SSSR count). The second kappa shape index (κ2) is 6.29. The SMILES string of the molecule is CCOC(=O)C(F)(F)[C@@H](N)c1cc(Br)ccc1OC. The molecule has 0 aromatic heterocycles. The van der Waals surface area contributed by atoms with E-state index in [0.29, 0.717) is 4.47 Å². The van der Waals surface area contributed by atoms with Crippen molar-refractivity contribution in [3.8, 4) is 5.75 Å². The van der Waals surface area contributed by atoms with Gasteiger partial charge in [-0.1, -0.05) is 15.9 Å². The maximum atomic E-state index is 13.9. The molecule has 0 saturated carbocycles. The van der Waals surface area contributed by atoms with Crippen LogP contribution >= 0.6 is 15.9 Å². The highest BCUT2D eigenvalue weighted by Crippen LogP contribution is 2.36. The summed E-state index contributed by atoms with van der Waals surface area (Å²) in [6.45, 7) is 1.30. The normalized spacial score (nSPS) is 12.9. The van der Waals surface area contributed by atoms with E-state index >= 15 is 0 Å². The molecule has 1 aromatic rings. The number of hydrogen-bond acceptors (Lipinski definition) is 4. The van der Waals surface area contributed by atoms with Crippen LogP contribution in [0.5, 0.6) is 5.75 Å². The molecule has 0 fully saturated rings. The summed E-state index contributed by atoms with van der Waals surface area (Å²) in [6.07, 6.45) is 0. The quantitative estimate of drug-likeness (QED) is 0.839. The summed E-state index contributed by atoms with van der Waals surface area (Å²) in [5.74, 6) is -5.30. The Morgan fingerprint density at radius 3 is 2.68 bits per heavy atom. The first-order valence-corrected chi connectivity index (χ1v) is 6.28. The van der Waals surface area contributed by atoms with Crippen molar-refractivity contribution in [2.24, 2.45) is 5.73 Å². The summed E-state index contributed by atoms with van der Waals surface area (Å²) < 4.78 is 37.6. The number of benzene rings is 1. The lowest BCUT2D eigenvalue weighted by Crippen LogP contribution is -2.41. The average molecular weight is 338 g/mol. The smallest absolute Gasteiger partial charge is 0.379 e. The van der Waals surface area contributed by atoms with E-state index in [4.69, 9.17) is 10.5 Å². The number of nitrogens with two attached hydrogens (primary N) is 1. The Balaban J connectivity index is 3.14. The Labute approximate surface area is 118 Å². The molecule has 1 aromatic carbocycles. The summed E-state index contributed by atoms with van der Waals surface area (Å²) in [7, 11) is 1.34. The van der Waals surface area contributed by atoms with E-state index in [0.717, 1.165) is 0 Å². The fourth-order valence-corrected chi connectivity index (χ4v) is 1.88. The molecule has 0 aliphatic heterocycles. The largest absolute Gasteiger partial charge is 0.496 e. The lowest BCUT2D eigenvalue weighted by molar-refractivity contribution is -0.174. The summed E-state index contributed by atoms with van der Waals surface area (Å²) in [4.78, 5) is 11.3. The van der Waals surface area contributed by atoms with Crippen molar-refractivity contribution in [2.75, 3.05) is 13.7 Å². The van der Waals surface area contributed by atoms with Crippen molar-refractivity contribution in [3.63, 3.8) is 0 Å². The monoisotopic (exact) mass is 337 g/mol. The Kier molecular flexibility index (Phi) is 5.25. The highest BCUT2D eigenvalue weighted by Gasteiger charge is 2.48. The summed E-state index contributed by atoms with van der Waals surface area (Å²) in [5, 5.41) is 0. The van der Waals surface area contributed by atoms with Crippen molar-refractivity contribution in [1.82, 2.24) is 0 Å². The summed E-state index contributed by atoms with van der Waals surface area (Å²) in [6, 6.07) is 2.65. The zero-order chi connectivity index (χ0) is 14.6. The van der Waals surface area contributed by atoms with E-state index in [-0.39, 0.29) is 17.9 Å². The molecule has 7 heteroatoms. The first kappa shape index (κ1) is 15.8. The van der Waals surface area contributed by atoms with Crippen molar-refractivity contribution >= 4 is 21.9 Å². The summed E-state index contributed by atoms with van der Waals surface area (Å²) >= 11 is 3.16. The van der Waals surface area contributed by atoms with Crippen molar-refractivity contribution < 1.29 is 23.0 Å². The van der Waals surface area contributed by atoms with E-state index in [1.54, 1.807) is 6.07 Å². The maximum Gasteiger partial charge on any atom is 0.379 e. The van der Waals surface area contributed by atoms with Gasteiger partial charge in [0.05, 0.1) is 13.7 Å². The van der Waals surface area contributed by atoms with E-state index in [9.17, 15) is 13.6 Å². The zero-order valence-electron chi connectivity index (χ0n) is 10.5. The second-order valence-corrected chi connectivity index (χ2v) is 4.62. The highest BCUT2D eigenvalue weighted by atomic mass is 79.9. The predicted molar refractivity (Wildman–Crippen MR) is 69.2 cm³/mol. The lowest BCUT2D eigenvalue weighted by Gasteiger charge is -2.23. The van der Waals surface area contributed by atoms with Crippen LogP contribution in [-0.4, -0.2) is 25.6 Å². The van der Waals surface area contributed by atoms with Gasteiger partial charge in [0.1, 0.15) is 11.8 Å². The topological polar surface area (TPSA) is 61.5 Å². The van der Waals surface area contributed by atoms with Crippen LogP contribution in [0.4, 0.5) is 8.78 Å². The molecule has 4 nitrogen and oxygen atoms in total. The fraction of sp³-hybridized carbons (Fsp3) is 0.417. The molecule has 0 aliphatic rings. The van der Waals surface area contributed by atoms with Gasteiger partial charge in [0.25, 0.3) is 0 Å². The van der Waals surface area contributed by atoms with E-state index in [1.165, 1.54) is 26.2 Å². The van der Waals surface area contributed by atoms with E-state index < -0.39 is 17.9 Å². The van der Waals surface area contributed by atoms with Crippen LogP contribution in [0.3, 0.4) is 0 Å². The second-order valence-electron chi connectivity index (χ2n) is 3.71. The standard InChI is InChI=1S/C12H14BrF2NO3/c1-3-19-11(17)12(14,15)10(16)8-6-7(13)4-5-9(8)18-2/h4-6,10H,3,16H2,1-2H3/t10-/m0/s1. The number of rotatable bonds is 5. The summed E-state index contributed by atoms with van der Waals surface area (Å²) in [5.41, 5.74) is 5.52. The van der Waals surface area contributed by atoms with Crippen LogP contribution < -0.4 is 10.5 Å². The molecule has 1 atom stereocenters. The van der Waals surface area contributed by atoms with Gasteiger partial charge in [-0.2, -0.15) is 8.78 Å². The zero-order valence-corrected chi connectivity index (χ0v) is 12.0. The van der Waals surface area contributed by atoms with Crippen LogP contribution in [0.25, 0.3) is 0 Å². The van der Waals surface area contributed by atoms with Gasteiger partial charge in [-0.3, -0.25) is 0 Å². The van der Waals surface area contributed by atoms with Gasteiger partial charge in [-0.05, 0) is 25.1 Å². The third-order valence-corrected chi connectivity index (χ3v) is 2.96. The van der Waals surface area contributed by atoms with Crippen molar-refractivity contribution in [3.05, 3.63) is 28.2 Å². The molecule has 0 bridgehead atoms. The van der Waals surface area contributed by atoms with Crippen molar-refractivity contribution in [1.29, 1.82) is 0 Å². The molecule has 19 heavy (non-hydrogen) atoms. The fourth-order valence-electron chi connectivity index (χ4n) is 1.50. The van der Waals surface area contributed by atoms with Crippen molar-refractivity contribution in [2.45, 2.75) is 18.9 Å². The van der Waals surface area contributed by atoms with Gasteiger partial charge >= 0.3 is 11.9 Å². The molecule has 0 amide bonds. The average Bonchev–Trinajstić information content (AvgIpc) is 2.38. The molecule has 0 aliphatic carbocycles. The first-order valence-electron chi connectivity index (χ1n) is 5.48. The van der Waals surface area contributed by atoms with Crippen LogP contribution in [0.2, 0.25) is 0 Å². The van der Waals surface area contributed by atoms with Gasteiger partial charge in [0.2, 0.25) is 0 Å². The minimum absolute atomic E-state index is 0.0231. The third-order valence-electron chi connectivity index (χ3n) is 2.46. The number of hydrogen-bond donors (Lipinski definition) is 1. The molecule has 0 unspecified atom stereocenters. The molecular weight excluding hydrogens is 324 g/mol. The molecule has 0 saturated heterocycles. The molecule has 2 N–H and O–H groups in total. The third kappa shape index (κ3) is 3.42. The Morgan fingerprint density at radius 2 is 2.16 bits per heavy atom. The van der Waals surface area contributed by atoms with Crippen LogP contribution in [-0.2, 0) is 9.53 Å². The lowest BCUT2D eigenvalue weighted by atomic mass is 10.0. The number of halogens is 3. The molecule has 0 heterocycles. The minimum atomic E-state index is -3.83. The molecule has 0 spiro atoms. The number of esters is 1. The maximum absolute atomic E-state index is 13.9. The van der Waals surface area contributed by atoms with Gasteiger partial charge in [0.15, 0.2) is 0 Å². The molecule has 0 radical (unpaired) electrons. The van der Waals surface area contributed by atoms with Gasteiger partial charge < -0.3 is 15.2 Å². The van der Waals surface area contributed by atoms with E-state index in [2.05, 4.69) is 20.7 Å². The first-order chi connectivity index (χ1) is 8.84. The Morgan fingerprint density at radius 1 is 1.53 bits per heavy atom. The number of alkyl halides is 2. The predicted octanol–water partition coefficient (Wildman–Crippen LogP) is 2.66. The van der Waals surface area contributed by atoms with Gasteiger partial charge in [0, 0.05) is 10.0 Å². The number of methoxy groups -OCH3 is 1. The van der Waals surface area contributed by atoms with Crippen LogP contribution in [0.1, 0.15) is 18.5 Å². The Bertz CT molecular complexity index is 468.